The minimum absolute atomic E-state index is 0.266. The number of halogens is 1. The first-order chi connectivity index (χ1) is 25.3. The van der Waals surface area contributed by atoms with Crippen molar-refractivity contribution in [2.45, 2.75) is 5.41 Å². The Morgan fingerprint density at radius 1 is 0.373 bits per heavy atom. The third-order valence-electron chi connectivity index (χ3n) is 11.3. The fraction of sp³-hybridized carbons (Fsp3) is 0.0204. The monoisotopic (exact) mass is 651 g/mol. The molecule has 51 heavy (non-hydrogen) atoms. The standard InChI is InChI=1S/C49H30FN/c50-43-28-14-15-29-44(43)51(31-16-2-1-3-17-31)45-30-42-46(38-24-8-6-22-36(38)45)47-37-23-7-4-18-32(37)33-19-5-9-25-39(33)48(47)49(42)40-26-12-10-20-34(40)35-21-11-13-27-41(35)49/h1-30H. The van der Waals surface area contributed by atoms with Gasteiger partial charge in [0.2, 0.25) is 0 Å². The topological polar surface area (TPSA) is 3.24 Å². The summed E-state index contributed by atoms with van der Waals surface area (Å²) in [5.41, 5.74) is 11.9. The molecule has 0 aromatic heterocycles. The van der Waals surface area contributed by atoms with Gasteiger partial charge >= 0.3 is 0 Å². The Hall–Kier alpha value is -6.51. The highest BCUT2D eigenvalue weighted by Crippen LogP contribution is 2.67. The summed E-state index contributed by atoms with van der Waals surface area (Å²) in [6.45, 7) is 0. The van der Waals surface area contributed by atoms with Crippen molar-refractivity contribution in [2.24, 2.45) is 0 Å². The SMILES string of the molecule is Fc1ccccc1N(c1ccccc1)c1cc2c(c3ccccc13)-c1c(c3ccccc3c3ccccc13)C21c2ccccc2-c2ccccc21. The Labute approximate surface area is 295 Å². The van der Waals surface area contributed by atoms with E-state index in [0.29, 0.717) is 5.69 Å². The average Bonchev–Trinajstić information content (AvgIpc) is 3.67. The van der Waals surface area contributed by atoms with E-state index in [9.17, 15) is 0 Å². The van der Waals surface area contributed by atoms with Crippen LogP contribution in [0.3, 0.4) is 0 Å². The fourth-order valence-electron chi connectivity index (χ4n) is 9.44. The summed E-state index contributed by atoms with van der Waals surface area (Å²) in [6.07, 6.45) is 0. The minimum atomic E-state index is -0.613. The Morgan fingerprint density at radius 2 is 0.863 bits per heavy atom. The molecule has 0 radical (unpaired) electrons. The lowest BCUT2D eigenvalue weighted by atomic mass is 9.69. The summed E-state index contributed by atoms with van der Waals surface area (Å²) >= 11 is 0. The largest absolute Gasteiger partial charge is 0.307 e. The van der Waals surface area contributed by atoms with Gasteiger partial charge < -0.3 is 4.90 Å². The van der Waals surface area contributed by atoms with E-state index in [1.54, 1.807) is 12.1 Å². The number of hydrogen-bond acceptors (Lipinski definition) is 1. The van der Waals surface area contributed by atoms with Crippen LogP contribution in [0, 0.1) is 5.82 Å². The van der Waals surface area contributed by atoms with Gasteiger partial charge in [-0.05, 0) is 102 Å². The number of hydrogen-bond donors (Lipinski definition) is 0. The first kappa shape index (κ1) is 28.3. The maximum absolute atomic E-state index is 16.1. The molecule has 0 atom stereocenters. The van der Waals surface area contributed by atoms with Crippen LogP contribution >= 0.6 is 0 Å². The highest BCUT2D eigenvalue weighted by Gasteiger charge is 2.53. The molecule has 0 bridgehead atoms. The number of fused-ring (bicyclic) bond motifs is 17. The van der Waals surface area contributed by atoms with Gasteiger partial charge in [0.05, 0.1) is 16.8 Å². The number of benzene rings is 9. The van der Waals surface area contributed by atoms with Crippen molar-refractivity contribution in [1.29, 1.82) is 0 Å². The predicted molar refractivity (Wildman–Crippen MR) is 210 cm³/mol. The van der Waals surface area contributed by atoms with E-state index >= 15 is 4.39 Å². The fourth-order valence-corrected chi connectivity index (χ4v) is 9.44. The molecule has 2 aliphatic carbocycles. The zero-order chi connectivity index (χ0) is 33.7. The van der Waals surface area contributed by atoms with Crippen LogP contribution in [-0.4, -0.2) is 0 Å². The maximum Gasteiger partial charge on any atom is 0.147 e. The van der Waals surface area contributed by atoms with E-state index < -0.39 is 5.41 Å². The summed E-state index contributed by atoms with van der Waals surface area (Å²) in [5.74, 6) is -0.266. The van der Waals surface area contributed by atoms with Crippen LogP contribution in [0.2, 0.25) is 0 Å². The van der Waals surface area contributed by atoms with Gasteiger partial charge in [-0.3, -0.25) is 0 Å². The van der Waals surface area contributed by atoms with Gasteiger partial charge in [0.1, 0.15) is 5.82 Å². The third kappa shape index (κ3) is 3.64. The molecular formula is C49H30FN. The molecule has 0 fully saturated rings. The molecule has 0 amide bonds. The third-order valence-corrected chi connectivity index (χ3v) is 11.3. The Bertz CT molecular complexity index is 2840. The molecule has 1 nitrogen and oxygen atoms in total. The summed E-state index contributed by atoms with van der Waals surface area (Å²) < 4.78 is 16.1. The lowest BCUT2D eigenvalue weighted by Gasteiger charge is -2.33. The van der Waals surface area contributed by atoms with Crippen molar-refractivity contribution in [2.75, 3.05) is 4.90 Å². The van der Waals surface area contributed by atoms with Gasteiger partial charge in [0.15, 0.2) is 0 Å². The van der Waals surface area contributed by atoms with E-state index in [1.165, 1.54) is 66.1 Å². The van der Waals surface area contributed by atoms with Gasteiger partial charge in [0, 0.05) is 11.1 Å². The van der Waals surface area contributed by atoms with E-state index in [2.05, 4.69) is 144 Å². The molecule has 0 saturated heterocycles. The molecule has 0 N–H and O–H groups in total. The van der Waals surface area contributed by atoms with Gasteiger partial charge in [0.25, 0.3) is 0 Å². The number of rotatable bonds is 3. The van der Waals surface area contributed by atoms with Crippen LogP contribution < -0.4 is 4.90 Å². The molecule has 0 saturated carbocycles. The number of anilines is 3. The molecular weight excluding hydrogens is 622 g/mol. The minimum Gasteiger partial charge on any atom is -0.307 e. The predicted octanol–water partition coefficient (Wildman–Crippen LogP) is 13.1. The molecule has 0 unspecified atom stereocenters. The molecule has 0 aliphatic heterocycles. The Kier molecular flexibility index (Phi) is 5.83. The second kappa shape index (κ2) is 10.5. The summed E-state index contributed by atoms with van der Waals surface area (Å²) in [5, 5.41) is 7.24. The van der Waals surface area contributed by atoms with Crippen molar-refractivity contribution in [3.05, 3.63) is 210 Å². The Balaban J connectivity index is 1.40. The van der Waals surface area contributed by atoms with Crippen LogP contribution in [-0.2, 0) is 5.41 Å². The van der Waals surface area contributed by atoms with Crippen LogP contribution in [0.4, 0.5) is 21.5 Å². The van der Waals surface area contributed by atoms with Crippen LogP contribution in [0.1, 0.15) is 22.3 Å². The number of para-hydroxylation sites is 2. The first-order valence-corrected chi connectivity index (χ1v) is 17.6. The Morgan fingerprint density at radius 3 is 1.53 bits per heavy atom. The molecule has 11 rings (SSSR count). The quantitative estimate of drug-likeness (QED) is 0.172. The van der Waals surface area contributed by atoms with Crippen LogP contribution in [0.5, 0.6) is 0 Å². The molecule has 9 aromatic carbocycles. The van der Waals surface area contributed by atoms with Crippen molar-refractivity contribution >= 4 is 49.4 Å². The molecule has 2 heteroatoms. The smallest absolute Gasteiger partial charge is 0.147 e. The second-order valence-electron chi connectivity index (χ2n) is 13.7. The van der Waals surface area contributed by atoms with Gasteiger partial charge in [-0.25, -0.2) is 4.39 Å². The highest BCUT2D eigenvalue weighted by molar-refractivity contribution is 6.24. The van der Waals surface area contributed by atoms with E-state index in [1.807, 2.05) is 30.3 Å². The number of nitrogens with zero attached hydrogens (tertiary/aromatic N) is 1. The highest BCUT2D eigenvalue weighted by atomic mass is 19.1. The molecule has 0 heterocycles. The molecule has 9 aromatic rings. The van der Waals surface area contributed by atoms with Crippen molar-refractivity contribution in [3.8, 4) is 22.3 Å². The zero-order valence-corrected chi connectivity index (χ0v) is 27.6. The lowest BCUT2D eigenvalue weighted by molar-refractivity contribution is 0.629. The maximum atomic E-state index is 16.1. The molecule has 2 aliphatic rings. The van der Waals surface area contributed by atoms with E-state index in [0.717, 1.165) is 22.1 Å². The van der Waals surface area contributed by atoms with Gasteiger partial charge in [-0.15, -0.1) is 0 Å². The average molecular weight is 652 g/mol. The first-order valence-electron chi connectivity index (χ1n) is 17.6. The lowest BCUT2D eigenvalue weighted by Crippen LogP contribution is -2.26. The summed E-state index contributed by atoms with van der Waals surface area (Å²) in [7, 11) is 0. The van der Waals surface area contributed by atoms with Crippen LogP contribution in [0.15, 0.2) is 182 Å². The van der Waals surface area contributed by atoms with E-state index in [-0.39, 0.29) is 5.82 Å². The summed E-state index contributed by atoms with van der Waals surface area (Å²) in [4.78, 5) is 2.11. The van der Waals surface area contributed by atoms with Gasteiger partial charge in [-0.2, -0.15) is 0 Å². The van der Waals surface area contributed by atoms with Crippen molar-refractivity contribution < 1.29 is 4.39 Å². The molecule has 238 valence electrons. The zero-order valence-electron chi connectivity index (χ0n) is 27.6. The van der Waals surface area contributed by atoms with Gasteiger partial charge in [-0.1, -0.05) is 152 Å². The van der Waals surface area contributed by atoms with Crippen LogP contribution in [0.25, 0.3) is 54.6 Å². The van der Waals surface area contributed by atoms with E-state index in [4.69, 9.17) is 0 Å². The summed E-state index contributed by atoms with van der Waals surface area (Å²) in [6, 6.07) is 64.2. The molecule has 1 spiro atoms. The van der Waals surface area contributed by atoms with Crippen molar-refractivity contribution in [3.63, 3.8) is 0 Å². The normalized spacial score (nSPS) is 13.4. The second-order valence-corrected chi connectivity index (χ2v) is 13.7. The van der Waals surface area contributed by atoms with Crippen molar-refractivity contribution in [1.82, 2.24) is 0 Å².